The zero-order chi connectivity index (χ0) is 20.3. The van der Waals surface area contributed by atoms with E-state index in [4.69, 9.17) is 0 Å². The minimum absolute atomic E-state index is 0.175. The van der Waals surface area contributed by atoms with Crippen LogP contribution in [-0.4, -0.2) is 15.0 Å². The molecule has 2 aromatic carbocycles. The van der Waals surface area contributed by atoms with Crippen molar-refractivity contribution in [2.75, 3.05) is 5.32 Å². The Labute approximate surface area is 170 Å². The van der Waals surface area contributed by atoms with Crippen LogP contribution in [0.3, 0.4) is 0 Å². The second-order valence-electron chi connectivity index (χ2n) is 6.73. The molecule has 0 radical (unpaired) electrons. The van der Waals surface area contributed by atoms with Crippen molar-refractivity contribution < 1.29 is 4.79 Å². The molecule has 0 saturated heterocycles. The Balaban J connectivity index is 2.01. The van der Waals surface area contributed by atoms with E-state index >= 15 is 0 Å². The summed E-state index contributed by atoms with van der Waals surface area (Å²) in [7, 11) is 0. The lowest BCUT2D eigenvalue weighted by Crippen LogP contribution is -2.41. The molecule has 0 spiro atoms. The van der Waals surface area contributed by atoms with Crippen LogP contribution in [0.2, 0.25) is 0 Å². The SMILES string of the molecule is CCCCn1c(=O)c2ccccc2n(CC(=O)Nc2ccc(C)cc2Br)c1=O. The molecule has 1 heterocycles. The Bertz CT molecular complexity index is 1150. The van der Waals surface area contributed by atoms with E-state index in [1.807, 2.05) is 26.0 Å². The third kappa shape index (κ3) is 4.09. The van der Waals surface area contributed by atoms with Gasteiger partial charge in [-0.3, -0.25) is 18.7 Å². The third-order valence-corrected chi connectivity index (χ3v) is 5.22. The van der Waals surface area contributed by atoms with Crippen LogP contribution in [0.1, 0.15) is 25.3 Å². The molecule has 0 atom stereocenters. The Morgan fingerprint density at radius 2 is 1.86 bits per heavy atom. The summed E-state index contributed by atoms with van der Waals surface area (Å²) >= 11 is 3.44. The molecule has 3 rings (SSSR count). The van der Waals surface area contributed by atoms with E-state index in [1.165, 1.54) is 9.13 Å². The van der Waals surface area contributed by atoms with Gasteiger partial charge in [-0.1, -0.05) is 31.5 Å². The number of unbranched alkanes of at least 4 members (excludes halogenated alkanes) is 1. The van der Waals surface area contributed by atoms with E-state index in [-0.39, 0.29) is 18.0 Å². The van der Waals surface area contributed by atoms with Crippen LogP contribution in [0.5, 0.6) is 0 Å². The molecule has 0 bridgehead atoms. The highest BCUT2D eigenvalue weighted by Gasteiger charge is 2.15. The molecule has 0 aliphatic heterocycles. The largest absolute Gasteiger partial charge is 0.331 e. The first kappa shape index (κ1) is 20.1. The van der Waals surface area contributed by atoms with E-state index in [1.54, 1.807) is 30.3 Å². The average Bonchev–Trinajstić information content (AvgIpc) is 2.67. The Hall–Kier alpha value is -2.67. The van der Waals surface area contributed by atoms with Gasteiger partial charge in [0.1, 0.15) is 6.54 Å². The van der Waals surface area contributed by atoms with Crippen molar-refractivity contribution >= 4 is 38.4 Å². The molecule has 0 fully saturated rings. The van der Waals surface area contributed by atoms with Crippen molar-refractivity contribution in [3.8, 4) is 0 Å². The van der Waals surface area contributed by atoms with E-state index < -0.39 is 5.69 Å². The summed E-state index contributed by atoms with van der Waals surface area (Å²) in [4.78, 5) is 38.3. The monoisotopic (exact) mass is 443 g/mol. The summed E-state index contributed by atoms with van der Waals surface area (Å²) in [6.07, 6.45) is 1.58. The molecule has 3 aromatic rings. The minimum Gasteiger partial charge on any atom is -0.324 e. The quantitative estimate of drug-likeness (QED) is 0.631. The van der Waals surface area contributed by atoms with E-state index in [0.29, 0.717) is 23.1 Å². The number of halogens is 1. The Morgan fingerprint density at radius 3 is 2.57 bits per heavy atom. The number of amides is 1. The smallest absolute Gasteiger partial charge is 0.324 e. The Kier molecular flexibility index (Phi) is 6.14. The standard InChI is InChI=1S/C21H22BrN3O3/c1-3-4-11-24-20(27)15-7-5-6-8-18(15)25(21(24)28)13-19(26)23-17-10-9-14(2)12-16(17)22/h5-10,12H,3-4,11,13H2,1-2H3,(H,23,26). The van der Waals surface area contributed by atoms with Crippen LogP contribution < -0.4 is 16.6 Å². The zero-order valence-electron chi connectivity index (χ0n) is 15.9. The normalized spacial score (nSPS) is 11.0. The van der Waals surface area contributed by atoms with Crippen LogP contribution in [0.15, 0.2) is 56.5 Å². The second kappa shape index (κ2) is 8.56. The number of fused-ring (bicyclic) bond motifs is 1. The van der Waals surface area contributed by atoms with Crippen molar-refractivity contribution in [1.82, 2.24) is 9.13 Å². The molecule has 146 valence electrons. The minimum atomic E-state index is -0.463. The fourth-order valence-electron chi connectivity index (χ4n) is 3.09. The lowest BCUT2D eigenvalue weighted by Gasteiger charge is -2.14. The predicted molar refractivity (Wildman–Crippen MR) is 115 cm³/mol. The van der Waals surface area contributed by atoms with Crippen molar-refractivity contribution in [2.45, 2.75) is 39.8 Å². The van der Waals surface area contributed by atoms with Crippen LogP contribution in [0, 0.1) is 6.92 Å². The molecular formula is C21H22BrN3O3. The first-order chi connectivity index (χ1) is 13.4. The highest BCUT2D eigenvalue weighted by Crippen LogP contribution is 2.23. The van der Waals surface area contributed by atoms with Gasteiger partial charge in [-0.25, -0.2) is 4.79 Å². The van der Waals surface area contributed by atoms with Gasteiger partial charge >= 0.3 is 5.69 Å². The van der Waals surface area contributed by atoms with E-state index in [2.05, 4.69) is 21.2 Å². The fourth-order valence-corrected chi connectivity index (χ4v) is 3.68. The molecule has 0 aliphatic carbocycles. The molecule has 7 heteroatoms. The maximum Gasteiger partial charge on any atom is 0.331 e. The van der Waals surface area contributed by atoms with Gasteiger partial charge in [-0.15, -0.1) is 0 Å². The topological polar surface area (TPSA) is 73.1 Å². The summed E-state index contributed by atoms with van der Waals surface area (Å²) in [5, 5.41) is 3.26. The molecule has 1 aromatic heterocycles. The predicted octanol–water partition coefficient (Wildman–Crippen LogP) is 3.67. The van der Waals surface area contributed by atoms with Crippen LogP contribution in [-0.2, 0) is 17.9 Å². The molecule has 1 N–H and O–H groups in total. The summed E-state index contributed by atoms with van der Waals surface area (Å²) in [5.41, 5.74) is 1.38. The number of aryl methyl sites for hydroxylation is 1. The summed E-state index contributed by atoms with van der Waals surface area (Å²) in [5.74, 6) is -0.336. The van der Waals surface area contributed by atoms with Crippen molar-refractivity contribution in [3.63, 3.8) is 0 Å². The first-order valence-electron chi connectivity index (χ1n) is 9.20. The summed E-state index contributed by atoms with van der Waals surface area (Å²) in [6.45, 7) is 4.12. The average molecular weight is 444 g/mol. The zero-order valence-corrected chi connectivity index (χ0v) is 17.5. The third-order valence-electron chi connectivity index (χ3n) is 4.57. The van der Waals surface area contributed by atoms with E-state index in [0.717, 1.165) is 22.9 Å². The molecule has 0 aliphatic rings. The van der Waals surface area contributed by atoms with Gasteiger partial charge in [0.05, 0.1) is 16.6 Å². The van der Waals surface area contributed by atoms with Crippen molar-refractivity contribution in [2.24, 2.45) is 0 Å². The maximum atomic E-state index is 12.9. The highest BCUT2D eigenvalue weighted by molar-refractivity contribution is 9.10. The van der Waals surface area contributed by atoms with E-state index in [9.17, 15) is 14.4 Å². The Morgan fingerprint density at radius 1 is 1.11 bits per heavy atom. The number of benzene rings is 2. The number of nitrogens with one attached hydrogen (secondary N) is 1. The van der Waals surface area contributed by atoms with Gasteiger partial charge < -0.3 is 5.32 Å². The van der Waals surface area contributed by atoms with Crippen LogP contribution in [0.4, 0.5) is 5.69 Å². The number of carbonyl (C=O) groups is 1. The number of rotatable bonds is 6. The van der Waals surface area contributed by atoms with Gasteiger partial charge in [0, 0.05) is 11.0 Å². The van der Waals surface area contributed by atoms with Crippen LogP contribution >= 0.6 is 15.9 Å². The van der Waals surface area contributed by atoms with Gasteiger partial charge in [-0.2, -0.15) is 0 Å². The molecule has 28 heavy (non-hydrogen) atoms. The van der Waals surface area contributed by atoms with Crippen molar-refractivity contribution in [3.05, 3.63) is 73.3 Å². The van der Waals surface area contributed by atoms with Gasteiger partial charge in [-0.05, 0) is 59.1 Å². The lowest BCUT2D eigenvalue weighted by atomic mass is 10.2. The lowest BCUT2D eigenvalue weighted by molar-refractivity contribution is -0.116. The molecular weight excluding hydrogens is 422 g/mol. The number of nitrogens with zero attached hydrogens (tertiary/aromatic N) is 2. The highest BCUT2D eigenvalue weighted by atomic mass is 79.9. The van der Waals surface area contributed by atoms with Crippen molar-refractivity contribution in [1.29, 1.82) is 0 Å². The van der Waals surface area contributed by atoms with Crippen LogP contribution in [0.25, 0.3) is 10.9 Å². The number of carbonyl (C=O) groups excluding carboxylic acids is 1. The second-order valence-corrected chi connectivity index (χ2v) is 7.58. The number of aromatic nitrogens is 2. The molecule has 0 unspecified atom stereocenters. The maximum absolute atomic E-state index is 12.9. The van der Waals surface area contributed by atoms with Gasteiger partial charge in [0.15, 0.2) is 0 Å². The van der Waals surface area contributed by atoms with Gasteiger partial charge in [0.25, 0.3) is 5.56 Å². The van der Waals surface area contributed by atoms with Gasteiger partial charge in [0.2, 0.25) is 5.91 Å². The first-order valence-corrected chi connectivity index (χ1v) is 10.00. The fraction of sp³-hybridized carbons (Fsp3) is 0.286. The number of hydrogen-bond donors (Lipinski definition) is 1. The number of hydrogen-bond acceptors (Lipinski definition) is 3. The number of anilines is 1. The number of para-hydroxylation sites is 1. The molecule has 6 nitrogen and oxygen atoms in total. The summed E-state index contributed by atoms with van der Waals surface area (Å²) in [6, 6.07) is 12.5. The molecule has 1 amide bonds. The summed E-state index contributed by atoms with van der Waals surface area (Å²) < 4.78 is 3.36. The molecule has 0 saturated carbocycles.